The molecule has 1 aromatic rings. The van der Waals surface area contributed by atoms with Crippen LogP contribution in [-0.2, 0) is 0 Å². The maximum Gasteiger partial charge on any atom is 0.200 e. The van der Waals surface area contributed by atoms with Crippen LogP contribution in [0.1, 0.15) is 18.1 Å². The molecule has 0 saturated carbocycles. The topological polar surface area (TPSA) is 64.2 Å². The van der Waals surface area contributed by atoms with Crippen LogP contribution < -0.4 is 0 Å². The Bertz CT molecular complexity index is 485. The molecule has 8 heteroatoms. The van der Waals surface area contributed by atoms with E-state index in [1.807, 2.05) is 0 Å². The van der Waals surface area contributed by atoms with Gasteiger partial charge in [0.05, 0.1) is 24.2 Å². The summed E-state index contributed by atoms with van der Waals surface area (Å²) in [5, 5.41) is 26.6. The van der Waals surface area contributed by atoms with Crippen LogP contribution in [0, 0.1) is 40.4 Å². The predicted molar refractivity (Wildman–Crippen MR) is 47.4 cm³/mol. The fourth-order valence-corrected chi connectivity index (χ4v) is 1.28. The number of nitriles is 1. The number of hydrogen-bond acceptors (Lipinski definition) is 3. The van der Waals surface area contributed by atoms with Gasteiger partial charge >= 0.3 is 0 Å². The molecular formula is C10H6F5NO2. The first kappa shape index (κ1) is 14.3. The first-order valence-corrected chi connectivity index (χ1v) is 4.57. The lowest BCUT2D eigenvalue weighted by molar-refractivity contribution is 0.0161. The van der Waals surface area contributed by atoms with Crippen molar-refractivity contribution in [3.63, 3.8) is 0 Å². The van der Waals surface area contributed by atoms with Crippen LogP contribution in [0.3, 0.4) is 0 Å². The van der Waals surface area contributed by atoms with Crippen LogP contribution in [-0.4, -0.2) is 16.3 Å². The molecule has 0 radical (unpaired) electrons. The minimum absolute atomic E-state index is 0.735. The van der Waals surface area contributed by atoms with Crippen LogP contribution >= 0.6 is 0 Å². The Kier molecular flexibility index (Phi) is 4.21. The third-order valence-corrected chi connectivity index (χ3v) is 2.20. The number of aliphatic hydroxyl groups is 2. The Balaban J connectivity index is 3.38. The van der Waals surface area contributed by atoms with Gasteiger partial charge in [-0.05, 0) is 0 Å². The van der Waals surface area contributed by atoms with E-state index >= 15 is 0 Å². The third kappa shape index (κ3) is 2.27. The molecule has 1 rings (SSSR count). The van der Waals surface area contributed by atoms with Gasteiger partial charge in [-0.3, -0.25) is 0 Å². The Morgan fingerprint density at radius 3 is 1.67 bits per heavy atom. The Morgan fingerprint density at radius 2 is 1.28 bits per heavy atom. The molecular weight excluding hydrogens is 261 g/mol. The molecule has 1 aromatic carbocycles. The van der Waals surface area contributed by atoms with Crippen molar-refractivity contribution in [3.8, 4) is 6.07 Å². The number of benzene rings is 1. The number of nitrogens with zero attached hydrogens (tertiary/aromatic N) is 1. The van der Waals surface area contributed by atoms with Gasteiger partial charge in [-0.25, -0.2) is 22.0 Å². The molecule has 0 fully saturated rings. The van der Waals surface area contributed by atoms with Gasteiger partial charge in [-0.15, -0.1) is 0 Å². The molecule has 0 aromatic heterocycles. The number of halogens is 5. The van der Waals surface area contributed by atoms with E-state index in [1.165, 1.54) is 6.07 Å². The van der Waals surface area contributed by atoms with Crippen LogP contribution in [0.2, 0.25) is 0 Å². The van der Waals surface area contributed by atoms with Gasteiger partial charge < -0.3 is 10.2 Å². The summed E-state index contributed by atoms with van der Waals surface area (Å²) in [4.78, 5) is 0. The highest BCUT2D eigenvalue weighted by molar-refractivity contribution is 5.26. The predicted octanol–water partition coefficient (Wildman–Crippen LogP) is 1.69. The second-order valence-electron chi connectivity index (χ2n) is 3.36. The SMILES string of the molecule is N#CCC(O)C(O)c1c(F)c(F)c(F)c(F)c1F. The average molecular weight is 267 g/mol. The molecule has 2 N–H and O–H groups in total. The molecule has 0 aliphatic heterocycles. The Labute approximate surface area is 97.7 Å². The third-order valence-electron chi connectivity index (χ3n) is 2.20. The monoisotopic (exact) mass is 267 g/mol. The molecule has 98 valence electrons. The van der Waals surface area contributed by atoms with Crippen LogP contribution in [0.25, 0.3) is 0 Å². The minimum atomic E-state index is -2.39. The fraction of sp³-hybridized carbons (Fsp3) is 0.300. The van der Waals surface area contributed by atoms with E-state index < -0.39 is 53.3 Å². The lowest BCUT2D eigenvalue weighted by Crippen LogP contribution is -2.22. The number of aliphatic hydroxyl groups excluding tert-OH is 2. The van der Waals surface area contributed by atoms with Crippen molar-refractivity contribution in [2.24, 2.45) is 0 Å². The van der Waals surface area contributed by atoms with Gasteiger partial charge in [0.1, 0.15) is 6.10 Å². The van der Waals surface area contributed by atoms with Gasteiger partial charge in [0.15, 0.2) is 23.3 Å². The normalized spacial score (nSPS) is 14.1. The molecule has 0 spiro atoms. The van der Waals surface area contributed by atoms with Crippen LogP contribution in [0.15, 0.2) is 0 Å². The van der Waals surface area contributed by atoms with E-state index in [2.05, 4.69) is 0 Å². The first-order valence-electron chi connectivity index (χ1n) is 4.57. The smallest absolute Gasteiger partial charge is 0.200 e. The first-order chi connectivity index (χ1) is 8.32. The van der Waals surface area contributed by atoms with E-state index in [0.717, 1.165) is 0 Å². The molecule has 2 atom stereocenters. The summed E-state index contributed by atoms with van der Waals surface area (Å²) >= 11 is 0. The van der Waals surface area contributed by atoms with Gasteiger partial charge in [0, 0.05) is 0 Å². The van der Waals surface area contributed by atoms with Gasteiger partial charge in [-0.1, -0.05) is 0 Å². The molecule has 0 aliphatic rings. The van der Waals surface area contributed by atoms with Crippen molar-refractivity contribution in [1.29, 1.82) is 5.26 Å². The molecule has 0 aliphatic carbocycles. The summed E-state index contributed by atoms with van der Waals surface area (Å²) < 4.78 is 64.6. The van der Waals surface area contributed by atoms with E-state index in [9.17, 15) is 27.1 Å². The Hall–Kier alpha value is -1.72. The van der Waals surface area contributed by atoms with Crippen molar-refractivity contribution in [2.45, 2.75) is 18.6 Å². The zero-order chi connectivity index (χ0) is 14.0. The van der Waals surface area contributed by atoms with E-state index in [0.29, 0.717) is 0 Å². The molecule has 18 heavy (non-hydrogen) atoms. The summed E-state index contributed by atoms with van der Waals surface area (Å²) in [7, 11) is 0. The second kappa shape index (κ2) is 5.29. The zero-order valence-corrected chi connectivity index (χ0v) is 8.59. The van der Waals surface area contributed by atoms with E-state index in [-0.39, 0.29) is 0 Å². The molecule has 0 bridgehead atoms. The summed E-state index contributed by atoms with van der Waals surface area (Å²) in [6.07, 6.45) is -5.10. The molecule has 0 heterocycles. The largest absolute Gasteiger partial charge is 0.389 e. The maximum absolute atomic E-state index is 13.2. The lowest BCUT2D eigenvalue weighted by atomic mass is 10.0. The summed E-state index contributed by atoms with van der Waals surface area (Å²) in [6.45, 7) is 0. The zero-order valence-electron chi connectivity index (χ0n) is 8.59. The molecule has 2 unspecified atom stereocenters. The highest BCUT2D eigenvalue weighted by Gasteiger charge is 2.32. The highest BCUT2D eigenvalue weighted by atomic mass is 19.2. The van der Waals surface area contributed by atoms with Crippen molar-refractivity contribution in [3.05, 3.63) is 34.6 Å². The standard InChI is InChI=1S/C10H6F5NO2/c11-5-4(10(18)3(17)1-2-16)6(12)8(14)9(15)7(5)13/h3,10,17-18H,1H2. The van der Waals surface area contributed by atoms with Crippen LogP contribution in [0.4, 0.5) is 22.0 Å². The highest BCUT2D eigenvalue weighted by Crippen LogP contribution is 2.29. The van der Waals surface area contributed by atoms with Crippen molar-refractivity contribution in [2.75, 3.05) is 0 Å². The summed E-state index contributed by atoms with van der Waals surface area (Å²) in [6, 6.07) is 1.38. The maximum atomic E-state index is 13.2. The van der Waals surface area contributed by atoms with E-state index in [1.54, 1.807) is 0 Å². The number of rotatable bonds is 3. The van der Waals surface area contributed by atoms with Gasteiger partial charge in [-0.2, -0.15) is 5.26 Å². The van der Waals surface area contributed by atoms with E-state index in [4.69, 9.17) is 10.4 Å². The second-order valence-corrected chi connectivity index (χ2v) is 3.36. The lowest BCUT2D eigenvalue weighted by Gasteiger charge is -2.17. The molecule has 3 nitrogen and oxygen atoms in total. The minimum Gasteiger partial charge on any atom is -0.389 e. The van der Waals surface area contributed by atoms with Gasteiger partial charge in [0.2, 0.25) is 5.82 Å². The Morgan fingerprint density at radius 1 is 0.889 bits per heavy atom. The fourth-order valence-electron chi connectivity index (χ4n) is 1.28. The molecule has 0 saturated heterocycles. The van der Waals surface area contributed by atoms with Crippen molar-refractivity contribution < 1.29 is 32.2 Å². The van der Waals surface area contributed by atoms with Crippen molar-refractivity contribution in [1.82, 2.24) is 0 Å². The van der Waals surface area contributed by atoms with Crippen molar-refractivity contribution >= 4 is 0 Å². The quantitative estimate of drug-likeness (QED) is 0.497. The number of hydrogen-bond donors (Lipinski definition) is 2. The van der Waals surface area contributed by atoms with Gasteiger partial charge in [0.25, 0.3) is 0 Å². The average Bonchev–Trinajstić information content (AvgIpc) is 2.34. The van der Waals surface area contributed by atoms with Crippen LogP contribution in [0.5, 0.6) is 0 Å². The summed E-state index contributed by atoms with van der Waals surface area (Å²) in [5.41, 5.74) is -1.56. The molecule has 0 amide bonds. The summed E-state index contributed by atoms with van der Waals surface area (Å²) in [5.74, 6) is -11.3.